The van der Waals surface area contributed by atoms with Crippen LogP contribution in [0.3, 0.4) is 0 Å². The Morgan fingerprint density at radius 2 is 2.16 bits per heavy atom. The monoisotopic (exact) mass is 345 g/mol. The summed E-state index contributed by atoms with van der Waals surface area (Å²) in [6.45, 7) is 3.76. The number of aromatic nitrogens is 2. The maximum Gasteiger partial charge on any atom is 0.353 e. The summed E-state index contributed by atoms with van der Waals surface area (Å²) in [4.78, 5) is 32.1. The number of likely N-dealkylation sites (N-methyl/N-ethyl adjacent to an activating group) is 1. The Morgan fingerprint density at radius 3 is 2.76 bits per heavy atom. The number of anilines is 3. The average molecular weight is 345 g/mol. The highest BCUT2D eigenvalue weighted by atomic mass is 16.6. The van der Waals surface area contributed by atoms with E-state index in [-0.39, 0.29) is 36.3 Å². The molecule has 132 valence electrons. The first kappa shape index (κ1) is 18.3. The summed E-state index contributed by atoms with van der Waals surface area (Å²) in [5.74, 6) is 0.0375. The van der Waals surface area contributed by atoms with Gasteiger partial charge in [0.15, 0.2) is 5.78 Å². The number of hydrogen-bond donors (Lipinski definition) is 2. The van der Waals surface area contributed by atoms with Crippen LogP contribution in [0.15, 0.2) is 30.6 Å². The van der Waals surface area contributed by atoms with Crippen molar-refractivity contribution in [2.24, 2.45) is 0 Å². The lowest BCUT2D eigenvalue weighted by Gasteiger charge is -2.21. The Balaban J connectivity index is 2.46. The van der Waals surface area contributed by atoms with Crippen molar-refractivity contribution in [3.05, 3.63) is 46.3 Å². The zero-order valence-electron chi connectivity index (χ0n) is 14.0. The van der Waals surface area contributed by atoms with E-state index in [1.807, 2.05) is 6.92 Å². The van der Waals surface area contributed by atoms with E-state index in [1.54, 1.807) is 29.2 Å². The van der Waals surface area contributed by atoms with Crippen molar-refractivity contribution < 1.29 is 14.8 Å². The van der Waals surface area contributed by atoms with Crippen molar-refractivity contribution in [2.75, 3.05) is 29.9 Å². The van der Waals surface area contributed by atoms with Gasteiger partial charge in [0.25, 0.3) is 0 Å². The molecule has 0 aliphatic rings. The number of ketones is 1. The smallest absolute Gasteiger partial charge is 0.353 e. The number of hydrogen-bond acceptors (Lipinski definition) is 8. The fourth-order valence-electron chi connectivity index (χ4n) is 2.35. The van der Waals surface area contributed by atoms with E-state index >= 15 is 0 Å². The summed E-state index contributed by atoms with van der Waals surface area (Å²) < 4.78 is 0. The molecule has 2 rings (SSSR count). The Labute approximate surface area is 144 Å². The van der Waals surface area contributed by atoms with Crippen molar-refractivity contribution in [1.82, 2.24) is 9.97 Å². The molecule has 1 heterocycles. The van der Waals surface area contributed by atoms with Crippen LogP contribution in [0.5, 0.6) is 0 Å². The van der Waals surface area contributed by atoms with Crippen LogP contribution in [-0.2, 0) is 0 Å². The second-order valence-electron chi connectivity index (χ2n) is 5.22. The third-order valence-corrected chi connectivity index (χ3v) is 3.57. The number of rotatable bonds is 8. The standard InChI is InChI=1S/C16H19N5O4/c1-3-20(7-8-22)16-14(21(24)25)15(17-10-18-16)19-13-6-4-5-12(9-13)11(2)23/h4-6,9-10,22H,3,7-8H2,1-2H3,(H,17,18,19). The van der Waals surface area contributed by atoms with Crippen LogP contribution in [0.2, 0.25) is 0 Å². The highest BCUT2D eigenvalue weighted by Gasteiger charge is 2.26. The van der Waals surface area contributed by atoms with Gasteiger partial charge in [0.2, 0.25) is 11.6 Å². The highest BCUT2D eigenvalue weighted by Crippen LogP contribution is 2.33. The van der Waals surface area contributed by atoms with E-state index in [0.29, 0.717) is 17.8 Å². The molecule has 0 fully saturated rings. The number of nitrogens with zero attached hydrogens (tertiary/aromatic N) is 4. The van der Waals surface area contributed by atoms with Gasteiger partial charge < -0.3 is 15.3 Å². The molecule has 9 heteroatoms. The number of carbonyl (C=O) groups excluding carboxylic acids is 1. The van der Waals surface area contributed by atoms with Crippen LogP contribution >= 0.6 is 0 Å². The number of carbonyl (C=O) groups is 1. The molecule has 0 atom stereocenters. The van der Waals surface area contributed by atoms with Crippen molar-refractivity contribution >= 4 is 28.8 Å². The third kappa shape index (κ3) is 4.27. The number of nitro groups is 1. The number of aliphatic hydroxyl groups excluding tert-OH is 1. The lowest BCUT2D eigenvalue weighted by atomic mass is 10.1. The summed E-state index contributed by atoms with van der Waals surface area (Å²) in [5.41, 5.74) is 0.703. The van der Waals surface area contributed by atoms with Gasteiger partial charge in [-0.15, -0.1) is 0 Å². The first-order valence-corrected chi connectivity index (χ1v) is 7.71. The molecule has 2 aromatic rings. The zero-order chi connectivity index (χ0) is 18.4. The lowest BCUT2D eigenvalue weighted by Crippen LogP contribution is -2.28. The van der Waals surface area contributed by atoms with Crippen molar-refractivity contribution in [3.63, 3.8) is 0 Å². The summed E-state index contributed by atoms with van der Waals surface area (Å²) in [7, 11) is 0. The Kier molecular flexibility index (Phi) is 5.96. The van der Waals surface area contributed by atoms with Gasteiger partial charge in [-0.25, -0.2) is 9.97 Å². The van der Waals surface area contributed by atoms with Crippen molar-refractivity contribution in [2.45, 2.75) is 13.8 Å². The number of Topliss-reactive ketones (excluding diaryl/α,β-unsaturated/α-hetero) is 1. The minimum Gasteiger partial charge on any atom is -0.395 e. The molecular weight excluding hydrogens is 326 g/mol. The van der Waals surface area contributed by atoms with Gasteiger partial charge in [0.05, 0.1) is 11.5 Å². The quantitative estimate of drug-likeness (QED) is 0.424. The summed E-state index contributed by atoms with van der Waals surface area (Å²) >= 11 is 0. The molecule has 0 unspecified atom stereocenters. The van der Waals surface area contributed by atoms with E-state index in [9.17, 15) is 14.9 Å². The van der Waals surface area contributed by atoms with Crippen LogP contribution in [0.4, 0.5) is 23.0 Å². The maximum absolute atomic E-state index is 11.6. The molecule has 1 aromatic heterocycles. The van der Waals surface area contributed by atoms with E-state index in [1.165, 1.54) is 13.3 Å². The van der Waals surface area contributed by atoms with Gasteiger partial charge in [0.1, 0.15) is 6.33 Å². The van der Waals surface area contributed by atoms with Gasteiger partial charge >= 0.3 is 5.69 Å². The molecule has 0 aliphatic carbocycles. The van der Waals surface area contributed by atoms with Gasteiger partial charge in [-0.2, -0.15) is 0 Å². The molecule has 25 heavy (non-hydrogen) atoms. The number of aliphatic hydroxyl groups is 1. The van der Waals surface area contributed by atoms with Gasteiger partial charge in [0, 0.05) is 24.3 Å². The van der Waals surface area contributed by atoms with Crippen LogP contribution in [0.25, 0.3) is 0 Å². The van der Waals surface area contributed by atoms with Gasteiger partial charge in [-0.1, -0.05) is 12.1 Å². The molecule has 0 spiro atoms. The molecule has 0 saturated heterocycles. The molecular formula is C16H19N5O4. The minimum absolute atomic E-state index is 0.0205. The molecule has 0 saturated carbocycles. The predicted molar refractivity (Wildman–Crippen MR) is 93.4 cm³/mol. The van der Waals surface area contributed by atoms with E-state index < -0.39 is 4.92 Å². The molecule has 2 N–H and O–H groups in total. The predicted octanol–water partition coefficient (Wildman–Crippen LogP) is 2.15. The highest BCUT2D eigenvalue weighted by molar-refractivity contribution is 5.95. The second-order valence-corrected chi connectivity index (χ2v) is 5.22. The van der Waals surface area contributed by atoms with Crippen molar-refractivity contribution in [3.8, 4) is 0 Å². The van der Waals surface area contributed by atoms with Crippen LogP contribution in [0.1, 0.15) is 24.2 Å². The lowest BCUT2D eigenvalue weighted by molar-refractivity contribution is -0.383. The van der Waals surface area contributed by atoms with E-state index in [4.69, 9.17) is 5.11 Å². The summed E-state index contributed by atoms with van der Waals surface area (Å²) in [6.07, 6.45) is 1.22. The molecule has 0 aliphatic heterocycles. The molecule has 9 nitrogen and oxygen atoms in total. The number of nitrogens with one attached hydrogen (secondary N) is 1. The summed E-state index contributed by atoms with van der Waals surface area (Å²) in [6, 6.07) is 6.62. The minimum atomic E-state index is -0.563. The van der Waals surface area contributed by atoms with Crippen molar-refractivity contribution in [1.29, 1.82) is 0 Å². The van der Waals surface area contributed by atoms with Crippen LogP contribution in [0, 0.1) is 10.1 Å². The van der Waals surface area contributed by atoms with E-state index in [0.717, 1.165) is 0 Å². The fraction of sp³-hybridized carbons (Fsp3) is 0.312. The number of benzene rings is 1. The normalized spacial score (nSPS) is 10.4. The fourth-order valence-corrected chi connectivity index (χ4v) is 2.35. The first-order valence-electron chi connectivity index (χ1n) is 7.71. The van der Waals surface area contributed by atoms with Gasteiger partial charge in [-0.05, 0) is 26.0 Å². The topological polar surface area (TPSA) is 121 Å². The Hall–Kier alpha value is -3.07. The summed E-state index contributed by atoms with van der Waals surface area (Å²) in [5, 5.41) is 23.6. The molecule has 0 bridgehead atoms. The van der Waals surface area contributed by atoms with E-state index in [2.05, 4.69) is 15.3 Å². The molecule has 1 aromatic carbocycles. The second kappa shape index (κ2) is 8.15. The Bertz CT molecular complexity index is 781. The zero-order valence-corrected chi connectivity index (χ0v) is 14.0. The molecule has 0 radical (unpaired) electrons. The molecule has 0 amide bonds. The van der Waals surface area contributed by atoms with Crippen LogP contribution < -0.4 is 10.2 Å². The van der Waals surface area contributed by atoms with Crippen LogP contribution in [-0.4, -0.2) is 45.5 Å². The Morgan fingerprint density at radius 1 is 1.40 bits per heavy atom. The average Bonchev–Trinajstić information content (AvgIpc) is 2.59. The first-order chi connectivity index (χ1) is 12.0. The third-order valence-electron chi connectivity index (χ3n) is 3.57. The largest absolute Gasteiger partial charge is 0.395 e. The SMILES string of the molecule is CCN(CCO)c1ncnc(Nc2cccc(C(C)=O)c2)c1[N+](=O)[O-]. The van der Waals surface area contributed by atoms with Gasteiger partial charge in [-0.3, -0.25) is 14.9 Å². The maximum atomic E-state index is 11.6.